The van der Waals surface area contributed by atoms with E-state index in [1.807, 2.05) is 59.5 Å². The summed E-state index contributed by atoms with van der Waals surface area (Å²) in [5.41, 5.74) is 3.22. The molecule has 3 fully saturated rings. The zero-order chi connectivity index (χ0) is 39.3. The summed E-state index contributed by atoms with van der Waals surface area (Å²) in [6.07, 6.45) is 3.42. The van der Waals surface area contributed by atoms with Crippen LogP contribution in [0, 0.1) is 0 Å². The van der Waals surface area contributed by atoms with Crippen LogP contribution in [-0.2, 0) is 4.79 Å². The summed E-state index contributed by atoms with van der Waals surface area (Å²) in [6, 6.07) is 24.7. The van der Waals surface area contributed by atoms with Crippen molar-refractivity contribution in [3.8, 4) is 0 Å². The molecule has 5 atom stereocenters. The summed E-state index contributed by atoms with van der Waals surface area (Å²) in [7, 11) is 0. The predicted octanol–water partition coefficient (Wildman–Crippen LogP) is 2.16. The summed E-state index contributed by atoms with van der Waals surface area (Å²) >= 11 is 0. The fourth-order valence-electron chi connectivity index (χ4n) is 8.36. The van der Waals surface area contributed by atoms with Crippen LogP contribution >= 0.6 is 0 Å². The van der Waals surface area contributed by atoms with Crippen LogP contribution in [0.3, 0.4) is 0 Å². The smallest absolute Gasteiger partial charge is 0.315 e. The van der Waals surface area contributed by atoms with Gasteiger partial charge >= 0.3 is 6.03 Å². The first-order chi connectivity index (χ1) is 27.8. The first-order valence-corrected chi connectivity index (χ1v) is 19.7. The number of carbonyl (C=O) groups is 2. The number of carbonyl (C=O) groups excluding carboxylic acids is 2. The second-order valence-corrected chi connectivity index (χ2v) is 15.1. The van der Waals surface area contributed by atoms with E-state index >= 15 is 0 Å². The molecule has 2 aromatic carbocycles. The van der Waals surface area contributed by atoms with Gasteiger partial charge in [0.2, 0.25) is 11.9 Å². The minimum atomic E-state index is -1.26. The van der Waals surface area contributed by atoms with Gasteiger partial charge in [0.05, 0.1) is 18.4 Å². The Morgan fingerprint density at radius 2 is 1.44 bits per heavy atom. The molecule has 57 heavy (non-hydrogen) atoms. The van der Waals surface area contributed by atoms with Gasteiger partial charge in [0, 0.05) is 56.9 Å². The summed E-state index contributed by atoms with van der Waals surface area (Å²) in [5.74, 6) is 1.25. The van der Waals surface area contributed by atoms with Gasteiger partial charge in [0.1, 0.15) is 24.6 Å². The monoisotopic (exact) mass is 775 g/mol. The fraction of sp³-hybridized carbons (Fsp3) is 0.415. The normalized spacial score (nSPS) is 22.6. The number of fused-ring (bicyclic) bond motifs is 1. The Hall–Kier alpha value is -5.84. The molecule has 2 saturated heterocycles. The Bertz CT molecular complexity index is 2080. The van der Waals surface area contributed by atoms with E-state index in [1.165, 1.54) is 0 Å². The van der Waals surface area contributed by atoms with Crippen molar-refractivity contribution in [1.82, 2.24) is 40.5 Å². The first kappa shape index (κ1) is 38.1. The van der Waals surface area contributed by atoms with E-state index in [1.54, 1.807) is 17.1 Å². The number of piperidine rings is 1. The molecule has 0 bridgehead atoms. The molecule has 5 aromatic rings. The lowest BCUT2D eigenvalue weighted by atomic mass is 9.91. The van der Waals surface area contributed by atoms with E-state index in [9.17, 15) is 24.9 Å². The van der Waals surface area contributed by atoms with Gasteiger partial charge in [-0.15, -0.1) is 0 Å². The van der Waals surface area contributed by atoms with Crippen LogP contribution in [0.1, 0.15) is 48.8 Å². The number of benzene rings is 2. The van der Waals surface area contributed by atoms with Gasteiger partial charge in [-0.05, 0) is 48.9 Å². The van der Waals surface area contributed by atoms with Gasteiger partial charge in [-0.25, -0.2) is 14.8 Å². The third-order valence-corrected chi connectivity index (χ3v) is 11.4. The van der Waals surface area contributed by atoms with E-state index in [0.29, 0.717) is 49.0 Å². The van der Waals surface area contributed by atoms with E-state index in [2.05, 4.69) is 55.4 Å². The lowest BCUT2D eigenvalue weighted by Crippen LogP contribution is -2.50. The number of aliphatic hydroxyl groups is 3. The molecule has 298 valence electrons. The van der Waals surface area contributed by atoms with Crippen LogP contribution in [0.4, 0.5) is 22.4 Å². The second kappa shape index (κ2) is 17.1. The molecule has 3 amide bonds. The second-order valence-electron chi connectivity index (χ2n) is 15.1. The number of hydrogen-bond acceptors (Lipinski definition) is 12. The lowest BCUT2D eigenvalue weighted by molar-refractivity contribution is -0.125. The molecule has 16 nitrogen and oxygen atoms in total. The van der Waals surface area contributed by atoms with Crippen molar-refractivity contribution < 1.29 is 24.9 Å². The van der Waals surface area contributed by atoms with Gasteiger partial charge in [0.15, 0.2) is 17.0 Å². The average Bonchev–Trinajstić information content (AvgIpc) is 3.97. The minimum absolute atomic E-state index is 0.00762. The molecule has 0 unspecified atom stereocenters. The van der Waals surface area contributed by atoms with E-state index in [-0.39, 0.29) is 30.5 Å². The van der Waals surface area contributed by atoms with Crippen LogP contribution in [-0.4, -0.2) is 121 Å². The molecule has 0 spiro atoms. The molecule has 2 aliphatic heterocycles. The third-order valence-electron chi connectivity index (χ3n) is 11.4. The Balaban J connectivity index is 1.01. The van der Waals surface area contributed by atoms with Crippen molar-refractivity contribution in [2.24, 2.45) is 0 Å². The number of anilines is 3. The molecule has 1 aliphatic carbocycles. The summed E-state index contributed by atoms with van der Waals surface area (Å²) in [4.78, 5) is 48.6. The number of hydrogen-bond donors (Lipinski definition) is 7. The van der Waals surface area contributed by atoms with Crippen molar-refractivity contribution in [2.75, 3.05) is 54.4 Å². The number of aliphatic hydroxyl groups excluding tert-OH is 3. The number of rotatable bonds is 12. The molecule has 0 radical (unpaired) electrons. The standard InChI is InChI=1S/C41H49N11O5/c53-24-34(54)47-31-21-32(37(56)36(31)55)52-25-44-35-38(43-22-30(26-9-3-1-4-10-26)27-11-5-2-6-12-27)48-40(49-39(35)52)51-20-16-29(23-51)46-41(57)45-28-14-18-50(19-15-28)33-13-7-8-17-42-33/h1-13,17,25,28-32,36-37,53,55-56H,14-16,18-24H2,(H,47,54)(H,43,48,49)(H2,45,46,57)/t29-,31+,32-,36-,37+/m1/s1. The van der Waals surface area contributed by atoms with Crippen molar-refractivity contribution in [3.05, 3.63) is 103 Å². The highest BCUT2D eigenvalue weighted by Gasteiger charge is 2.44. The number of nitrogens with zero attached hydrogens (tertiary/aromatic N) is 7. The average molecular weight is 776 g/mol. The Kier molecular flexibility index (Phi) is 11.4. The zero-order valence-corrected chi connectivity index (χ0v) is 31.6. The van der Waals surface area contributed by atoms with Crippen molar-refractivity contribution in [2.45, 2.75) is 68.0 Å². The van der Waals surface area contributed by atoms with Crippen LogP contribution in [0.15, 0.2) is 91.4 Å². The van der Waals surface area contributed by atoms with Gasteiger partial charge in [-0.3, -0.25) is 4.79 Å². The van der Waals surface area contributed by atoms with Crippen molar-refractivity contribution >= 4 is 40.7 Å². The Morgan fingerprint density at radius 3 is 2.12 bits per heavy atom. The maximum atomic E-state index is 13.2. The quantitative estimate of drug-likeness (QED) is 0.0975. The van der Waals surface area contributed by atoms with Crippen LogP contribution in [0.5, 0.6) is 0 Å². The van der Waals surface area contributed by atoms with Gasteiger partial charge in [-0.1, -0.05) is 66.7 Å². The maximum Gasteiger partial charge on any atom is 0.315 e. The predicted molar refractivity (Wildman–Crippen MR) is 215 cm³/mol. The van der Waals surface area contributed by atoms with Crippen LogP contribution in [0.25, 0.3) is 11.2 Å². The summed E-state index contributed by atoms with van der Waals surface area (Å²) < 4.78 is 1.73. The molecule has 3 aromatic heterocycles. The lowest BCUT2D eigenvalue weighted by Gasteiger charge is -2.33. The molecular weight excluding hydrogens is 727 g/mol. The largest absolute Gasteiger partial charge is 0.388 e. The van der Waals surface area contributed by atoms with Gasteiger partial charge < -0.3 is 51.0 Å². The SMILES string of the molecule is O=C(CO)N[C@H]1C[C@@H](n2cnc3c(NCC(c4ccccc4)c4ccccc4)nc(N4CC[C@@H](NC(=O)NC5CCN(c6ccccn6)CC5)C4)nc32)[C@H](O)[C@@H]1O. The van der Waals surface area contributed by atoms with E-state index in [0.717, 1.165) is 42.9 Å². The van der Waals surface area contributed by atoms with E-state index < -0.39 is 36.8 Å². The fourth-order valence-corrected chi connectivity index (χ4v) is 8.36. The number of nitrogens with one attached hydrogen (secondary N) is 4. The van der Waals surface area contributed by atoms with Crippen molar-refractivity contribution in [3.63, 3.8) is 0 Å². The number of aromatic nitrogens is 5. The number of imidazole rings is 1. The molecule has 16 heteroatoms. The van der Waals surface area contributed by atoms with Crippen molar-refractivity contribution in [1.29, 1.82) is 0 Å². The Labute approximate surface area is 330 Å². The van der Waals surface area contributed by atoms with Crippen LogP contribution in [0.2, 0.25) is 0 Å². The molecule has 8 rings (SSSR count). The van der Waals surface area contributed by atoms with Gasteiger partial charge in [0.25, 0.3) is 0 Å². The first-order valence-electron chi connectivity index (χ1n) is 19.7. The maximum absolute atomic E-state index is 13.2. The van der Waals surface area contributed by atoms with Gasteiger partial charge in [-0.2, -0.15) is 9.97 Å². The molecule has 7 N–H and O–H groups in total. The molecule has 5 heterocycles. The summed E-state index contributed by atoms with van der Waals surface area (Å²) in [5, 5.41) is 43.9. The highest BCUT2D eigenvalue weighted by atomic mass is 16.3. The molecule has 1 saturated carbocycles. The van der Waals surface area contributed by atoms with Crippen LogP contribution < -0.4 is 31.1 Å². The molecule has 3 aliphatic rings. The number of pyridine rings is 1. The number of urea groups is 1. The zero-order valence-electron chi connectivity index (χ0n) is 31.6. The minimum Gasteiger partial charge on any atom is -0.388 e. The summed E-state index contributed by atoms with van der Waals surface area (Å²) in [6.45, 7) is 2.49. The Morgan fingerprint density at radius 1 is 0.772 bits per heavy atom. The highest BCUT2D eigenvalue weighted by molar-refractivity contribution is 5.85. The molecular formula is C41H49N11O5. The van der Waals surface area contributed by atoms with E-state index in [4.69, 9.17) is 15.0 Å². The highest BCUT2D eigenvalue weighted by Crippen LogP contribution is 2.35. The topological polar surface area (TPSA) is 206 Å². The third kappa shape index (κ3) is 8.48. The number of amides is 3.